The topological polar surface area (TPSA) is 70.1 Å². The molecule has 0 aromatic carbocycles. The lowest BCUT2D eigenvalue weighted by atomic mass is 10.5. The highest BCUT2D eigenvalue weighted by molar-refractivity contribution is 5.69. The molecule has 0 saturated heterocycles. The maximum atomic E-state index is 11.2. The molecule has 5 nitrogen and oxygen atoms in total. The van der Waals surface area contributed by atoms with Gasteiger partial charge in [-0.3, -0.25) is 9.48 Å². The summed E-state index contributed by atoms with van der Waals surface area (Å²) in [4.78, 5) is 11.2. The Morgan fingerprint density at radius 3 is 3.07 bits per heavy atom. The van der Waals surface area contributed by atoms with E-state index >= 15 is 0 Å². The Labute approximate surface area is 81.8 Å². The van der Waals surface area contributed by atoms with E-state index in [2.05, 4.69) is 5.10 Å². The largest absolute Gasteiger partial charge is 0.464 e. The second-order valence-corrected chi connectivity index (χ2v) is 3.56. The van der Waals surface area contributed by atoms with Crippen LogP contribution in [0.3, 0.4) is 0 Å². The van der Waals surface area contributed by atoms with Crippen LogP contribution >= 0.6 is 0 Å². The molecular weight excluding hydrogens is 182 g/mol. The first-order valence-electron chi connectivity index (χ1n) is 4.68. The maximum Gasteiger partial charge on any atom is 0.327 e. The minimum absolute atomic E-state index is 0.143. The number of hydrogen-bond acceptors (Lipinski definition) is 4. The second-order valence-electron chi connectivity index (χ2n) is 3.56. The third kappa shape index (κ3) is 2.48. The van der Waals surface area contributed by atoms with Crippen LogP contribution in [0, 0.1) is 5.92 Å². The number of carbonyl (C=O) groups is 1. The number of esters is 1. The Hall–Kier alpha value is -1.52. The number of hydrogen-bond donors (Lipinski definition) is 1. The monoisotopic (exact) mass is 195 g/mol. The molecule has 0 unspecified atom stereocenters. The number of rotatable bonds is 4. The summed E-state index contributed by atoms with van der Waals surface area (Å²) < 4.78 is 6.52. The van der Waals surface area contributed by atoms with Crippen LogP contribution in [0.25, 0.3) is 0 Å². The predicted molar refractivity (Wildman–Crippen MR) is 50.3 cm³/mol. The van der Waals surface area contributed by atoms with Crippen molar-refractivity contribution in [2.75, 3.05) is 12.3 Å². The van der Waals surface area contributed by atoms with Gasteiger partial charge in [0.15, 0.2) is 0 Å². The van der Waals surface area contributed by atoms with Crippen LogP contribution in [0.1, 0.15) is 12.8 Å². The summed E-state index contributed by atoms with van der Waals surface area (Å²) in [6.45, 7) is 0.694. The van der Waals surface area contributed by atoms with Gasteiger partial charge in [0, 0.05) is 6.20 Å². The summed E-state index contributed by atoms with van der Waals surface area (Å²) in [6.07, 6.45) is 4.03. The summed E-state index contributed by atoms with van der Waals surface area (Å²) in [6, 6.07) is 1.65. The molecule has 76 valence electrons. The molecule has 1 fully saturated rings. The average Bonchev–Trinajstić information content (AvgIpc) is 2.88. The number of nitrogen functional groups attached to an aromatic ring is 1. The molecule has 2 N–H and O–H groups in total. The van der Waals surface area contributed by atoms with Crippen molar-refractivity contribution in [3.8, 4) is 0 Å². The highest BCUT2D eigenvalue weighted by Gasteiger charge is 2.22. The minimum atomic E-state index is -0.250. The van der Waals surface area contributed by atoms with Crippen LogP contribution in [0.2, 0.25) is 0 Å². The highest BCUT2D eigenvalue weighted by atomic mass is 16.5. The zero-order chi connectivity index (χ0) is 9.97. The van der Waals surface area contributed by atoms with E-state index in [1.807, 2.05) is 0 Å². The van der Waals surface area contributed by atoms with Crippen LogP contribution in [0.4, 0.5) is 5.82 Å². The van der Waals surface area contributed by atoms with Gasteiger partial charge in [0.05, 0.1) is 6.61 Å². The maximum absolute atomic E-state index is 11.2. The third-order valence-electron chi connectivity index (χ3n) is 2.13. The van der Waals surface area contributed by atoms with Crippen LogP contribution < -0.4 is 5.73 Å². The van der Waals surface area contributed by atoms with E-state index in [9.17, 15) is 4.79 Å². The van der Waals surface area contributed by atoms with Gasteiger partial charge in [-0.25, -0.2) is 0 Å². The van der Waals surface area contributed by atoms with Gasteiger partial charge in [0.1, 0.15) is 12.4 Å². The molecule has 0 amide bonds. The van der Waals surface area contributed by atoms with Crippen molar-refractivity contribution in [1.82, 2.24) is 9.78 Å². The lowest BCUT2D eigenvalue weighted by Gasteiger charge is -2.03. The number of nitrogens with two attached hydrogens (primary N) is 1. The number of anilines is 1. The number of nitrogens with zero attached hydrogens (tertiary/aromatic N) is 2. The molecule has 1 aliphatic rings. The van der Waals surface area contributed by atoms with E-state index in [-0.39, 0.29) is 12.5 Å². The molecule has 1 heterocycles. The first-order chi connectivity index (χ1) is 6.74. The van der Waals surface area contributed by atoms with Gasteiger partial charge in [-0.2, -0.15) is 5.10 Å². The van der Waals surface area contributed by atoms with E-state index < -0.39 is 0 Å². The van der Waals surface area contributed by atoms with E-state index in [1.54, 1.807) is 12.3 Å². The van der Waals surface area contributed by atoms with Crippen molar-refractivity contribution >= 4 is 11.8 Å². The van der Waals surface area contributed by atoms with E-state index in [0.717, 1.165) is 0 Å². The van der Waals surface area contributed by atoms with Gasteiger partial charge < -0.3 is 10.5 Å². The summed E-state index contributed by atoms with van der Waals surface area (Å²) in [5, 5.41) is 3.89. The van der Waals surface area contributed by atoms with Gasteiger partial charge in [-0.05, 0) is 24.8 Å². The fourth-order valence-electron chi connectivity index (χ4n) is 1.14. The molecule has 1 saturated carbocycles. The fraction of sp³-hybridized carbons (Fsp3) is 0.556. The van der Waals surface area contributed by atoms with Gasteiger partial charge >= 0.3 is 5.97 Å². The van der Waals surface area contributed by atoms with Crippen molar-refractivity contribution in [1.29, 1.82) is 0 Å². The van der Waals surface area contributed by atoms with E-state index in [1.165, 1.54) is 17.5 Å². The van der Waals surface area contributed by atoms with Gasteiger partial charge in [-0.1, -0.05) is 0 Å². The summed E-state index contributed by atoms with van der Waals surface area (Å²) in [7, 11) is 0. The van der Waals surface area contributed by atoms with E-state index in [0.29, 0.717) is 18.3 Å². The molecule has 14 heavy (non-hydrogen) atoms. The predicted octanol–water partition coefficient (Wildman–Crippen LogP) is 0.418. The summed E-state index contributed by atoms with van der Waals surface area (Å²) >= 11 is 0. The molecular formula is C9H13N3O2. The quantitative estimate of drug-likeness (QED) is 0.707. The molecule has 1 aliphatic carbocycles. The van der Waals surface area contributed by atoms with Crippen LogP contribution in [0.15, 0.2) is 12.3 Å². The normalized spacial score (nSPS) is 15.4. The van der Waals surface area contributed by atoms with Gasteiger partial charge in [-0.15, -0.1) is 0 Å². The molecule has 0 radical (unpaired) electrons. The van der Waals surface area contributed by atoms with Crippen LogP contribution in [-0.2, 0) is 16.1 Å². The summed E-state index contributed by atoms with van der Waals surface area (Å²) in [5.41, 5.74) is 5.40. The van der Waals surface area contributed by atoms with Crippen molar-refractivity contribution < 1.29 is 9.53 Å². The smallest absolute Gasteiger partial charge is 0.327 e. The molecule has 0 atom stereocenters. The molecule has 1 aromatic rings. The lowest BCUT2D eigenvalue weighted by Crippen LogP contribution is -2.15. The molecule has 0 spiro atoms. The average molecular weight is 195 g/mol. The van der Waals surface area contributed by atoms with Gasteiger partial charge in [0.2, 0.25) is 0 Å². The Balaban J connectivity index is 1.75. The fourth-order valence-corrected chi connectivity index (χ4v) is 1.14. The molecule has 0 aliphatic heterocycles. The summed E-state index contributed by atoms with van der Waals surface area (Å²) in [5.74, 6) is 0.765. The third-order valence-corrected chi connectivity index (χ3v) is 2.13. The second kappa shape index (κ2) is 3.69. The van der Waals surface area contributed by atoms with Gasteiger partial charge in [0.25, 0.3) is 0 Å². The Morgan fingerprint density at radius 1 is 1.71 bits per heavy atom. The molecule has 5 heteroatoms. The number of ether oxygens (including phenoxy) is 1. The zero-order valence-electron chi connectivity index (χ0n) is 7.85. The molecule has 0 bridgehead atoms. The van der Waals surface area contributed by atoms with E-state index in [4.69, 9.17) is 10.5 Å². The number of carbonyl (C=O) groups excluding carboxylic acids is 1. The Kier molecular flexibility index (Phi) is 2.39. The van der Waals surface area contributed by atoms with Crippen molar-refractivity contribution in [2.45, 2.75) is 19.4 Å². The van der Waals surface area contributed by atoms with Crippen molar-refractivity contribution in [3.63, 3.8) is 0 Å². The molecule has 1 aromatic heterocycles. The highest BCUT2D eigenvalue weighted by Crippen LogP contribution is 2.28. The first-order valence-corrected chi connectivity index (χ1v) is 4.68. The van der Waals surface area contributed by atoms with Crippen LogP contribution in [-0.4, -0.2) is 22.4 Å². The van der Waals surface area contributed by atoms with Crippen molar-refractivity contribution in [2.24, 2.45) is 5.92 Å². The standard InChI is InChI=1S/C9H13N3O2/c10-8-3-4-12(11-8)5-9(13)14-6-7-1-2-7/h3-4,7H,1-2,5-6H2,(H2,10,11). The lowest BCUT2D eigenvalue weighted by molar-refractivity contribution is -0.145. The zero-order valence-corrected chi connectivity index (χ0v) is 7.85. The minimum Gasteiger partial charge on any atom is -0.464 e. The number of aromatic nitrogens is 2. The first kappa shape index (κ1) is 9.05. The van der Waals surface area contributed by atoms with Crippen LogP contribution in [0.5, 0.6) is 0 Å². The molecule has 2 rings (SSSR count). The Bertz CT molecular complexity index is 331. The van der Waals surface area contributed by atoms with Crippen molar-refractivity contribution in [3.05, 3.63) is 12.3 Å². The Morgan fingerprint density at radius 2 is 2.50 bits per heavy atom. The SMILES string of the molecule is Nc1ccn(CC(=O)OCC2CC2)n1.